The Bertz CT molecular complexity index is 4750. The van der Waals surface area contributed by atoms with Gasteiger partial charge in [-0.3, -0.25) is 19.7 Å². The predicted octanol–water partition coefficient (Wildman–Crippen LogP) is 16.6. The molecule has 0 aliphatic rings. The number of rotatable bonds is 14. The first-order valence-corrected chi connectivity index (χ1v) is 36.0. The van der Waals surface area contributed by atoms with Gasteiger partial charge in [0.2, 0.25) is 23.5 Å². The van der Waals surface area contributed by atoms with Crippen LogP contribution < -0.4 is 59.5 Å². The van der Waals surface area contributed by atoms with Crippen LogP contribution >= 0.6 is 46.4 Å². The number of aromatic nitrogens is 4. The summed E-state index contributed by atoms with van der Waals surface area (Å²) in [6.45, 7) is 31.5. The summed E-state index contributed by atoms with van der Waals surface area (Å²) in [5.74, 6) is -3.29. The number of aliphatic carboxylic acids is 1. The summed E-state index contributed by atoms with van der Waals surface area (Å²) < 4.78 is 121. The number of nitro groups is 1. The van der Waals surface area contributed by atoms with Gasteiger partial charge >= 0.3 is 35.2 Å². The molecule has 39 heteroatoms. The van der Waals surface area contributed by atoms with Gasteiger partial charge in [0.05, 0.1) is 16.3 Å². The van der Waals surface area contributed by atoms with E-state index in [0.717, 1.165) is 41.3 Å². The van der Waals surface area contributed by atoms with Crippen LogP contribution in [0.4, 0.5) is 47.8 Å². The predicted molar refractivity (Wildman–Crippen MR) is 433 cm³/mol. The first-order chi connectivity index (χ1) is 54.8. The molecule has 7 aromatic carbocycles. The number of hydrogen-bond donors (Lipinski definition) is 7. The van der Waals surface area contributed by atoms with Crippen LogP contribution in [0.25, 0.3) is 0 Å². The van der Waals surface area contributed by atoms with E-state index in [1.165, 1.54) is 97.4 Å². The maximum absolute atomic E-state index is 14.4. The first-order valence-electron chi connectivity index (χ1n) is 34.4. The molecule has 9 aromatic rings. The Balaban J connectivity index is -0.00000128. The third-order valence-corrected chi connectivity index (χ3v) is 15.9. The third-order valence-electron chi connectivity index (χ3n) is 14.9. The van der Waals surface area contributed by atoms with Gasteiger partial charge in [-0.25, -0.2) is 26.3 Å². The molecule has 2 aromatic heterocycles. The minimum Gasteiger partial charge on any atom is -0.550 e. The van der Waals surface area contributed by atoms with E-state index in [4.69, 9.17) is 106 Å². The van der Waals surface area contributed by atoms with Crippen molar-refractivity contribution in [3.05, 3.63) is 245 Å². The van der Waals surface area contributed by atoms with E-state index in [-0.39, 0.29) is 135 Å². The molecule has 0 radical (unpaired) electrons. The monoisotopic (exact) mass is 1770 g/mol. The SMILES string of the molecule is CC(=O)Nc1cc(C)c(O)c(C)c1F.CC(=O)Nc1cc(C)c(Oc2cc(C(C)C)c(Cl)nn2)c(C)c1F.CC(=O)[O-].CC(C)c1cc(Cl)nnc1Cl.COCCl.COCOc1c(C)ccc(F)c1C.COCOc1cc(F)ccc1C.Cc1cc([N+](=O)[O-])c(F)c(C)c1O.Cc1ccc(F)c(C)c1O.Cc1ccc(F)cc1O.O=[N+]([O-])O.[Na+]. The Morgan fingerprint density at radius 3 is 1.31 bits per heavy atom. The molecule has 7 N–H and O–H groups in total. The molecule has 119 heavy (non-hydrogen) atoms. The molecule has 2 amide bonds. The number of phenols is 4. The summed E-state index contributed by atoms with van der Waals surface area (Å²) >= 11 is 22.4. The van der Waals surface area contributed by atoms with Crippen molar-refractivity contribution in [2.75, 3.05) is 51.6 Å². The van der Waals surface area contributed by atoms with Crippen molar-refractivity contribution in [2.24, 2.45) is 0 Å². The summed E-state index contributed by atoms with van der Waals surface area (Å²) in [6, 6.07) is 22.0. The molecule has 0 atom stereocenters. The molecular weight excluding hydrogens is 1670 g/mol. The van der Waals surface area contributed by atoms with Crippen molar-refractivity contribution < 1.29 is 144 Å². The van der Waals surface area contributed by atoms with Gasteiger partial charge in [-0.15, -0.1) is 30.5 Å². The smallest absolute Gasteiger partial charge is 0.550 e. The average Bonchev–Trinajstić information content (AvgIpc) is 0.801. The number of amides is 2. The van der Waals surface area contributed by atoms with E-state index < -0.39 is 44.9 Å². The topological polar surface area (TPSA) is 393 Å². The number of nitrogens with zero attached hydrogens (tertiary/aromatic N) is 6. The number of benzene rings is 7. The van der Waals surface area contributed by atoms with Gasteiger partial charge in [-0.05, 0) is 194 Å². The van der Waals surface area contributed by atoms with Gasteiger partial charge in [-0.1, -0.05) is 98.4 Å². The Morgan fingerprint density at radius 2 is 0.882 bits per heavy atom. The number of nitro benzene ring substituents is 1. The number of phenolic OH excluding ortho intramolecular Hbond substituents is 4. The zero-order valence-corrected chi connectivity index (χ0v) is 74.8. The van der Waals surface area contributed by atoms with E-state index in [1.54, 1.807) is 85.9 Å². The van der Waals surface area contributed by atoms with E-state index in [9.17, 15) is 60.6 Å². The fourth-order valence-electron chi connectivity index (χ4n) is 8.76. The van der Waals surface area contributed by atoms with Crippen LogP contribution in [0.5, 0.6) is 46.1 Å². The Hall–Kier alpha value is -10.1. The number of aromatic hydroxyl groups is 4. The number of anilines is 2. The fraction of sp³-hybridized carbons (Fsp3) is 0.338. The van der Waals surface area contributed by atoms with Gasteiger partial charge in [0.1, 0.15) is 69.6 Å². The number of alkyl halides is 1. The standard InChI is InChI=1S/C17H19ClFN3O2.C10H12FNO2.C10H13FO2.C9H11FO2.C8H8FNO3.C8H9FO.C7H8Cl2N2.C7H7FO.C2H5ClO.C2H4O2.HNO3.Na/c1-8(2)12-7-14(21-22-17(12)18)24-16-9(3)6-13(20-11(5)23)15(19)10(16)4;1-5-4-8(12-7(3)13)9(11)6(2)10(5)14;1-7-4-5-9(11)8(2)10(7)13-6-12-3;1-7-3-4-8(10)5-9(7)12-6-11-2;1-4-3-6(10(12)13)7(9)5(2)8(4)11;1-5-3-4-7(9)6(2)8(5)10;1-4(2)5-3-6(8)10-11-7(5)9;1-5-2-3-6(8)4-7(5)9;1-4-2-3;1-2(3)4;2-1(3)4;/h6-8H,1-5H3,(H,20,23);4,14H,1-3H3,(H,12,13);4-5H,6H2,1-3H3;3-5H,6H2,1-2H3;3,11H,1-2H3;3-4,10H,1-2H3;3-4H,1-2H3;2-4,9H,1H3;2H2,1H3;1H3,(H,3,4);(H,2,3,4);/q;;;;;;;;;;;+1/p-1. The normalized spacial score (nSPS) is 9.77. The number of nitrogens with one attached hydrogen (secondary N) is 2. The fourth-order valence-corrected chi connectivity index (χ4v) is 9.54. The number of hydrogen-bond acceptors (Lipinski definition) is 22. The maximum atomic E-state index is 14.4. The molecule has 27 nitrogen and oxygen atoms in total. The van der Waals surface area contributed by atoms with E-state index in [1.807, 2.05) is 41.5 Å². The molecule has 2 heterocycles. The largest absolute Gasteiger partial charge is 1.00 e. The zero-order valence-electron chi connectivity index (χ0n) is 69.7. The number of carbonyl (C=O) groups excluding carboxylic acids is 3. The van der Waals surface area contributed by atoms with Crippen LogP contribution in [0.15, 0.2) is 91.0 Å². The van der Waals surface area contributed by atoms with Crippen LogP contribution in [-0.4, -0.2) is 115 Å². The van der Waals surface area contributed by atoms with Crippen molar-refractivity contribution in [1.29, 1.82) is 0 Å². The van der Waals surface area contributed by atoms with Gasteiger partial charge in [0.25, 0.3) is 5.09 Å². The van der Waals surface area contributed by atoms with Crippen LogP contribution in [0.2, 0.25) is 15.5 Å². The molecule has 9 rings (SSSR count). The number of halogens is 11. The quantitative estimate of drug-likeness (QED) is 0.0101. The molecule has 0 spiro atoms. The van der Waals surface area contributed by atoms with Crippen molar-refractivity contribution in [3.63, 3.8) is 0 Å². The molecule has 0 aliphatic carbocycles. The number of methoxy groups -OCH3 is 3. The molecule has 0 saturated carbocycles. The number of carbonyl (C=O) groups is 3. The van der Waals surface area contributed by atoms with Gasteiger partial charge in [0.15, 0.2) is 40.7 Å². The zero-order chi connectivity index (χ0) is 91.5. The Labute approximate surface area is 727 Å². The van der Waals surface area contributed by atoms with Gasteiger partial charge < -0.3 is 74.6 Å². The molecule has 0 aliphatic heterocycles. The summed E-state index contributed by atoms with van der Waals surface area (Å²) in [5, 5.41) is 90.5. The van der Waals surface area contributed by atoms with Crippen molar-refractivity contribution in [1.82, 2.24) is 20.4 Å². The van der Waals surface area contributed by atoms with Crippen LogP contribution in [0.3, 0.4) is 0 Å². The van der Waals surface area contributed by atoms with Gasteiger partial charge in [0, 0.05) is 93.2 Å². The van der Waals surface area contributed by atoms with E-state index >= 15 is 0 Å². The number of aryl methyl sites for hydroxylation is 7. The van der Waals surface area contributed by atoms with Crippen molar-refractivity contribution in [2.45, 2.75) is 143 Å². The number of carboxylic acid groups (broad SMARTS) is 1. The second-order valence-corrected chi connectivity index (χ2v) is 26.5. The molecule has 0 bridgehead atoms. The van der Waals surface area contributed by atoms with E-state index in [2.05, 4.69) is 35.8 Å². The average molecular weight is 1770 g/mol. The number of ether oxygens (including phenoxy) is 6. The molecular formula is C80H96Cl4F7N8NaO19. The van der Waals surface area contributed by atoms with Crippen LogP contribution in [-0.2, 0) is 28.6 Å². The molecule has 0 fully saturated rings. The minimum absolute atomic E-state index is 0. The summed E-state index contributed by atoms with van der Waals surface area (Å²) in [7, 11) is 4.60. The van der Waals surface area contributed by atoms with Crippen LogP contribution in [0, 0.1) is 144 Å². The van der Waals surface area contributed by atoms with E-state index in [0.29, 0.717) is 83.6 Å². The van der Waals surface area contributed by atoms with Crippen molar-refractivity contribution >= 4 is 81.2 Å². The summed E-state index contributed by atoms with van der Waals surface area (Å²) in [6.07, 6.45) is 0. The van der Waals surface area contributed by atoms with Crippen LogP contribution in [0.1, 0.15) is 138 Å². The first kappa shape index (κ1) is 113. The minimum atomic E-state index is -1.50. The maximum Gasteiger partial charge on any atom is 1.00 e. The second-order valence-electron chi connectivity index (χ2n) is 25.1. The Kier molecular flexibility index (Phi) is 55.0. The second kappa shape index (κ2) is 57.9. The van der Waals surface area contributed by atoms with Crippen molar-refractivity contribution in [3.8, 4) is 46.1 Å². The summed E-state index contributed by atoms with van der Waals surface area (Å²) in [5.41, 5.74) is 7.24. The third kappa shape index (κ3) is 42.4. The van der Waals surface area contributed by atoms with Gasteiger partial charge in [-0.2, -0.15) is 4.39 Å². The Morgan fingerprint density at radius 1 is 0.487 bits per heavy atom. The molecule has 0 saturated heterocycles. The number of carboxylic acids is 1. The summed E-state index contributed by atoms with van der Waals surface area (Å²) in [4.78, 5) is 48.7. The molecule has 648 valence electrons. The molecule has 0 unspecified atom stereocenters.